The molecule has 0 spiro atoms. The quantitative estimate of drug-likeness (QED) is 0.583. The van der Waals surface area contributed by atoms with Gasteiger partial charge in [0.05, 0.1) is 11.8 Å². The van der Waals surface area contributed by atoms with Crippen LogP contribution in [0.4, 0.5) is 0 Å². The third kappa shape index (κ3) is 2.98. The van der Waals surface area contributed by atoms with Gasteiger partial charge in [0.15, 0.2) is 0 Å². The summed E-state index contributed by atoms with van der Waals surface area (Å²) in [5.41, 5.74) is 1.33. The number of ether oxygens (including phenoxy) is 1. The average molecular weight is 298 g/mol. The second kappa shape index (κ2) is 5.73. The van der Waals surface area contributed by atoms with Crippen LogP contribution in [0, 0.1) is 0 Å². The van der Waals surface area contributed by atoms with Gasteiger partial charge in [-0.3, -0.25) is 4.90 Å². The monoisotopic (exact) mass is 297 g/mol. The first kappa shape index (κ1) is 15.3. The average Bonchev–Trinajstić information content (AvgIpc) is 2.85. The molecule has 2 unspecified atom stereocenters. The van der Waals surface area contributed by atoms with Crippen molar-refractivity contribution in [3.8, 4) is 0 Å². The lowest BCUT2D eigenvalue weighted by Crippen LogP contribution is -3.04. The smallest absolute Gasteiger partial charge is 0.279 e. The van der Waals surface area contributed by atoms with Gasteiger partial charge in [-0.25, -0.2) is 0 Å². The Morgan fingerprint density at radius 2 is 2.15 bits per heavy atom. The van der Waals surface area contributed by atoms with E-state index in [1.54, 1.807) is 0 Å². The molecule has 0 bridgehead atoms. The molecule has 3 heterocycles. The summed E-state index contributed by atoms with van der Waals surface area (Å²) in [7, 11) is 0. The van der Waals surface area contributed by atoms with Gasteiger partial charge in [0.2, 0.25) is 0 Å². The van der Waals surface area contributed by atoms with Gasteiger partial charge in [-0.05, 0) is 26.8 Å². The van der Waals surface area contributed by atoms with E-state index in [4.69, 9.17) is 4.74 Å². The molecule has 0 radical (unpaired) electrons. The van der Waals surface area contributed by atoms with Gasteiger partial charge in [-0.1, -0.05) is 5.10 Å². The highest BCUT2D eigenvalue weighted by Gasteiger charge is 2.32. The molecule has 1 fully saturated rings. The van der Waals surface area contributed by atoms with E-state index in [9.17, 15) is 0 Å². The fourth-order valence-corrected chi connectivity index (χ4v) is 2.48. The highest BCUT2D eigenvalue weighted by Crippen LogP contribution is 2.21. The molecule has 0 aromatic heterocycles. The summed E-state index contributed by atoms with van der Waals surface area (Å²) in [4.78, 5) is 2.46. The molecule has 3 rings (SSSR count). The van der Waals surface area contributed by atoms with E-state index in [0.29, 0.717) is 0 Å². The minimum atomic E-state index is 0. The number of rotatable bonds is 1. The van der Waals surface area contributed by atoms with Crippen molar-refractivity contribution in [2.75, 3.05) is 19.7 Å². The van der Waals surface area contributed by atoms with E-state index in [1.807, 2.05) is 12.3 Å². The first-order valence-electron chi connectivity index (χ1n) is 6.66. The molecule has 20 heavy (non-hydrogen) atoms. The molecule has 6 nitrogen and oxygen atoms in total. The number of nitrogens with one attached hydrogen (secondary N) is 1. The number of hydrogen-bond donors (Lipinski definition) is 1. The Labute approximate surface area is 125 Å². The molecule has 3 aliphatic heterocycles. The van der Waals surface area contributed by atoms with E-state index in [1.165, 1.54) is 0 Å². The molecule has 0 saturated carbocycles. The van der Waals surface area contributed by atoms with Crippen LogP contribution in [0.1, 0.15) is 20.8 Å². The van der Waals surface area contributed by atoms with Crippen molar-refractivity contribution in [3.05, 3.63) is 23.9 Å². The largest absolute Gasteiger partial charge is 1.00 e. The lowest BCUT2D eigenvalue weighted by molar-refractivity contribution is -0.755. The molecule has 2 atom stereocenters. The van der Waals surface area contributed by atoms with Crippen LogP contribution >= 0.6 is 0 Å². The Hall–Kier alpha value is -1.08. The minimum Gasteiger partial charge on any atom is -1.00 e. The fourth-order valence-electron chi connectivity index (χ4n) is 2.48. The van der Waals surface area contributed by atoms with E-state index in [-0.39, 0.29) is 24.0 Å². The SMILES string of the molecule is CC(C)(C)N1CCOC(C2=C[NH+]3N=NN=C3C=C2)C1.[Cl-]. The maximum Gasteiger partial charge on any atom is 0.279 e. The summed E-state index contributed by atoms with van der Waals surface area (Å²) < 4.78 is 5.90. The zero-order valence-corrected chi connectivity index (χ0v) is 12.8. The zero-order valence-electron chi connectivity index (χ0n) is 12.0. The molecule has 110 valence electrons. The van der Waals surface area contributed by atoms with E-state index in [2.05, 4.69) is 47.3 Å². The van der Waals surface area contributed by atoms with Crippen molar-refractivity contribution < 1.29 is 22.2 Å². The van der Waals surface area contributed by atoms with Crippen LogP contribution in [0.15, 0.2) is 39.5 Å². The number of nitrogens with zero attached hydrogens (tertiary/aromatic N) is 4. The van der Waals surface area contributed by atoms with Gasteiger partial charge in [0.1, 0.15) is 12.3 Å². The summed E-state index contributed by atoms with van der Waals surface area (Å²) in [6, 6.07) is 0. The minimum absolute atomic E-state index is 0. The van der Waals surface area contributed by atoms with Gasteiger partial charge in [-0.2, -0.15) is 0 Å². The summed E-state index contributed by atoms with van der Waals surface area (Å²) in [5.74, 6) is 0.840. The third-order valence-electron chi connectivity index (χ3n) is 3.69. The van der Waals surface area contributed by atoms with Crippen molar-refractivity contribution in [2.24, 2.45) is 15.5 Å². The molecular weight excluding hydrogens is 278 g/mol. The van der Waals surface area contributed by atoms with Gasteiger partial charge < -0.3 is 17.1 Å². The normalized spacial score (nSPS) is 29.6. The van der Waals surface area contributed by atoms with Crippen LogP contribution in [0.25, 0.3) is 0 Å². The fraction of sp³-hybridized carbons (Fsp3) is 0.615. The Kier molecular flexibility index (Phi) is 4.39. The zero-order chi connectivity index (χ0) is 13.5. The number of amidine groups is 1. The first-order valence-corrected chi connectivity index (χ1v) is 6.66. The summed E-state index contributed by atoms with van der Waals surface area (Å²) in [5, 5.41) is 12.5. The topological polar surface area (TPSA) is 54.0 Å². The first-order chi connectivity index (χ1) is 9.04. The maximum atomic E-state index is 5.90. The third-order valence-corrected chi connectivity index (χ3v) is 3.69. The number of fused-ring (bicyclic) bond motifs is 1. The number of hydrogen-bond acceptors (Lipinski definition) is 5. The van der Waals surface area contributed by atoms with Crippen LogP contribution in [0.2, 0.25) is 0 Å². The van der Waals surface area contributed by atoms with Crippen molar-refractivity contribution in [2.45, 2.75) is 32.4 Å². The number of halogens is 1. The van der Waals surface area contributed by atoms with Crippen LogP contribution < -0.4 is 17.4 Å². The highest BCUT2D eigenvalue weighted by molar-refractivity contribution is 5.87. The summed E-state index contributed by atoms with van der Waals surface area (Å²) in [6.07, 6.45) is 6.17. The molecule has 0 aliphatic carbocycles. The van der Waals surface area contributed by atoms with E-state index >= 15 is 0 Å². The predicted molar refractivity (Wildman–Crippen MR) is 71.5 cm³/mol. The van der Waals surface area contributed by atoms with Crippen LogP contribution in [0.3, 0.4) is 0 Å². The summed E-state index contributed by atoms with van der Waals surface area (Å²) in [6.45, 7) is 9.39. The Morgan fingerprint density at radius 1 is 1.35 bits per heavy atom. The molecule has 1 N–H and O–H groups in total. The standard InChI is InChI=1S/C13H19N5O.ClH/c1-13(2,3)17-6-7-19-11(9-17)10-4-5-12-14-15-16-18(12)8-10;/h4-5,8,11H,6-7,9H2,1-3H3;1H. The van der Waals surface area contributed by atoms with Gasteiger partial charge >= 0.3 is 0 Å². The van der Waals surface area contributed by atoms with Crippen LogP contribution in [0.5, 0.6) is 0 Å². The van der Waals surface area contributed by atoms with Gasteiger partial charge in [0, 0.05) is 35.5 Å². The molecule has 1 saturated heterocycles. The van der Waals surface area contributed by atoms with Gasteiger partial charge in [-0.15, -0.1) is 5.01 Å². The lowest BCUT2D eigenvalue weighted by atomic mass is 10.0. The summed E-state index contributed by atoms with van der Waals surface area (Å²) >= 11 is 0. The molecule has 0 amide bonds. The Morgan fingerprint density at radius 3 is 2.90 bits per heavy atom. The second-order valence-electron chi connectivity index (χ2n) is 6.01. The molecule has 0 aromatic carbocycles. The van der Waals surface area contributed by atoms with Crippen molar-refractivity contribution in [1.82, 2.24) is 4.90 Å². The van der Waals surface area contributed by atoms with Crippen molar-refractivity contribution in [3.63, 3.8) is 0 Å². The molecular formula is C13H20ClN5O. The lowest BCUT2D eigenvalue weighted by Gasteiger charge is -2.41. The Balaban J connectivity index is 0.00000147. The second-order valence-corrected chi connectivity index (χ2v) is 6.01. The van der Waals surface area contributed by atoms with E-state index in [0.717, 1.165) is 36.1 Å². The molecule has 0 aromatic rings. The van der Waals surface area contributed by atoms with Gasteiger partial charge in [0.25, 0.3) is 5.84 Å². The number of quaternary nitrogens is 1. The molecule has 7 heteroatoms. The Bertz CT molecular complexity index is 491. The molecule has 3 aliphatic rings. The van der Waals surface area contributed by atoms with Crippen molar-refractivity contribution in [1.29, 1.82) is 0 Å². The predicted octanol–water partition coefficient (Wildman–Crippen LogP) is -2.48. The maximum absolute atomic E-state index is 5.90. The number of morpholine rings is 1. The van der Waals surface area contributed by atoms with Crippen molar-refractivity contribution >= 4 is 5.84 Å². The van der Waals surface area contributed by atoms with Crippen LogP contribution in [-0.2, 0) is 4.74 Å². The highest BCUT2D eigenvalue weighted by atomic mass is 35.5. The van der Waals surface area contributed by atoms with E-state index < -0.39 is 0 Å². The van der Waals surface area contributed by atoms with Crippen LogP contribution in [-0.4, -0.2) is 42.1 Å².